The molecule has 0 saturated heterocycles. The van der Waals surface area contributed by atoms with Crippen LogP contribution < -0.4 is 0 Å². The molecule has 51 valence electrons. The minimum absolute atomic E-state index is 0.0833. The first kappa shape index (κ1) is 8.52. The van der Waals surface area contributed by atoms with Crippen LogP contribution >= 0.6 is 0 Å². The van der Waals surface area contributed by atoms with Crippen LogP contribution in [0.25, 0.3) is 0 Å². The van der Waals surface area contributed by atoms with Gasteiger partial charge in [-0.2, -0.15) is 0 Å². The first-order chi connectivity index (χ1) is 4.06. The lowest BCUT2D eigenvalue weighted by atomic mass is 9.89. The Morgan fingerprint density at radius 3 is 2.11 bits per heavy atom. The molecule has 9 heavy (non-hydrogen) atoms. The summed E-state index contributed by atoms with van der Waals surface area (Å²) in [6, 6.07) is 0. The van der Waals surface area contributed by atoms with Gasteiger partial charge < -0.3 is 5.11 Å². The van der Waals surface area contributed by atoms with Crippen LogP contribution in [0, 0.1) is 18.3 Å². The van der Waals surface area contributed by atoms with Crippen LogP contribution in [0.1, 0.15) is 27.2 Å². The first-order valence-corrected chi connectivity index (χ1v) is 3.23. The van der Waals surface area contributed by atoms with Gasteiger partial charge in [0.05, 0.1) is 0 Å². The van der Waals surface area contributed by atoms with Crippen molar-refractivity contribution in [3.8, 4) is 5.92 Å². The predicted molar refractivity (Wildman–Crippen MR) is 37.2 cm³/mol. The standard InChI is InChI=1S/C8H13O/c1-5-8(9,6-2)7(3)4/h7,9H,5H2,1,3-4H3. The molecule has 0 heterocycles. The highest BCUT2D eigenvalue weighted by molar-refractivity contribution is 5.04. The molecule has 0 bridgehead atoms. The smallest absolute Gasteiger partial charge is 0.128 e. The molecular weight excluding hydrogens is 112 g/mol. The molecule has 0 aliphatic rings. The molecule has 1 unspecified atom stereocenters. The zero-order chi connectivity index (χ0) is 7.49. The highest BCUT2D eigenvalue weighted by atomic mass is 16.3. The minimum Gasteiger partial charge on any atom is -0.377 e. The Bertz CT molecular complexity index is 121. The third-order valence-corrected chi connectivity index (χ3v) is 1.71. The monoisotopic (exact) mass is 125 g/mol. The van der Waals surface area contributed by atoms with Gasteiger partial charge >= 0.3 is 0 Å². The topological polar surface area (TPSA) is 20.2 Å². The van der Waals surface area contributed by atoms with Crippen molar-refractivity contribution in [1.82, 2.24) is 0 Å². The van der Waals surface area contributed by atoms with E-state index in [0.29, 0.717) is 6.42 Å². The molecule has 1 heteroatoms. The third-order valence-electron chi connectivity index (χ3n) is 1.71. The summed E-state index contributed by atoms with van der Waals surface area (Å²) in [6.07, 6.45) is 7.35. The van der Waals surface area contributed by atoms with E-state index in [1.807, 2.05) is 20.8 Å². The molecule has 0 spiro atoms. The van der Waals surface area contributed by atoms with E-state index in [9.17, 15) is 5.11 Å². The van der Waals surface area contributed by atoms with Crippen LogP contribution in [0.3, 0.4) is 0 Å². The summed E-state index contributed by atoms with van der Waals surface area (Å²) < 4.78 is 0. The molecule has 0 aliphatic carbocycles. The van der Waals surface area contributed by atoms with Crippen molar-refractivity contribution in [2.24, 2.45) is 5.92 Å². The van der Waals surface area contributed by atoms with Crippen molar-refractivity contribution < 1.29 is 5.11 Å². The van der Waals surface area contributed by atoms with Gasteiger partial charge in [-0.15, -0.1) is 0 Å². The lowest BCUT2D eigenvalue weighted by Gasteiger charge is -2.23. The van der Waals surface area contributed by atoms with Gasteiger partial charge in [0.15, 0.2) is 0 Å². The Kier molecular flexibility index (Phi) is 2.73. The van der Waals surface area contributed by atoms with Crippen molar-refractivity contribution in [3.63, 3.8) is 0 Å². The molecule has 0 aliphatic heterocycles. The van der Waals surface area contributed by atoms with E-state index in [1.165, 1.54) is 0 Å². The van der Waals surface area contributed by atoms with Crippen molar-refractivity contribution >= 4 is 0 Å². The number of hydrogen-bond donors (Lipinski definition) is 1. The first-order valence-electron chi connectivity index (χ1n) is 3.23. The zero-order valence-corrected chi connectivity index (χ0v) is 6.23. The summed E-state index contributed by atoms with van der Waals surface area (Å²) in [5.74, 6) is 2.22. The highest BCUT2D eigenvalue weighted by Crippen LogP contribution is 2.18. The maximum absolute atomic E-state index is 9.41. The Hall–Kier alpha value is -0.480. The zero-order valence-electron chi connectivity index (χ0n) is 6.23. The van der Waals surface area contributed by atoms with E-state index >= 15 is 0 Å². The summed E-state index contributed by atoms with van der Waals surface area (Å²) in [6.45, 7) is 5.61. The molecular formula is C8H13O. The quantitative estimate of drug-likeness (QED) is 0.553. The molecule has 0 aromatic carbocycles. The summed E-state index contributed by atoms with van der Waals surface area (Å²) in [7, 11) is 0. The van der Waals surface area contributed by atoms with Crippen LogP contribution in [0.5, 0.6) is 0 Å². The van der Waals surface area contributed by atoms with Crippen molar-refractivity contribution in [1.29, 1.82) is 0 Å². The summed E-state index contributed by atoms with van der Waals surface area (Å²) in [4.78, 5) is 0. The number of hydrogen-bond acceptors (Lipinski definition) is 1. The normalized spacial score (nSPS) is 16.9. The van der Waals surface area contributed by atoms with Gasteiger partial charge in [0.25, 0.3) is 0 Å². The Labute approximate surface area is 57.1 Å². The second-order valence-electron chi connectivity index (χ2n) is 2.56. The predicted octanol–water partition coefficient (Wildman–Crippen LogP) is 1.37. The van der Waals surface area contributed by atoms with Crippen molar-refractivity contribution in [2.45, 2.75) is 32.8 Å². The molecule has 1 radical (unpaired) electrons. The highest BCUT2D eigenvalue weighted by Gasteiger charge is 2.25. The molecule has 0 aromatic heterocycles. The number of rotatable bonds is 2. The van der Waals surface area contributed by atoms with E-state index < -0.39 is 5.60 Å². The summed E-state index contributed by atoms with van der Waals surface area (Å²) in [5.41, 5.74) is -1.00. The van der Waals surface area contributed by atoms with E-state index in [1.54, 1.807) is 0 Å². The summed E-state index contributed by atoms with van der Waals surface area (Å²) in [5, 5.41) is 9.41. The number of aliphatic hydroxyl groups is 1. The molecule has 1 atom stereocenters. The van der Waals surface area contributed by atoms with Crippen LogP contribution in [0.4, 0.5) is 0 Å². The lowest BCUT2D eigenvalue weighted by Crippen LogP contribution is -2.31. The van der Waals surface area contributed by atoms with E-state index in [2.05, 4.69) is 5.92 Å². The SMILES string of the molecule is [C]#CC(O)(CC)C(C)C. The van der Waals surface area contributed by atoms with Gasteiger partial charge in [-0.3, -0.25) is 0 Å². The van der Waals surface area contributed by atoms with E-state index in [4.69, 9.17) is 6.42 Å². The van der Waals surface area contributed by atoms with Gasteiger partial charge in [0, 0.05) is 0 Å². The fourth-order valence-corrected chi connectivity index (χ4v) is 0.641. The molecule has 1 nitrogen and oxygen atoms in total. The molecule has 0 amide bonds. The Balaban J connectivity index is 4.14. The maximum atomic E-state index is 9.41. The van der Waals surface area contributed by atoms with Gasteiger partial charge in [-0.05, 0) is 18.8 Å². The van der Waals surface area contributed by atoms with Crippen LogP contribution in [0.2, 0.25) is 0 Å². The Morgan fingerprint density at radius 1 is 1.67 bits per heavy atom. The minimum atomic E-state index is -1.00. The van der Waals surface area contributed by atoms with Crippen LogP contribution in [-0.4, -0.2) is 10.7 Å². The molecule has 0 fully saturated rings. The van der Waals surface area contributed by atoms with Crippen LogP contribution in [-0.2, 0) is 0 Å². The molecule has 0 aromatic rings. The molecule has 0 rings (SSSR count). The second kappa shape index (κ2) is 2.89. The fourth-order valence-electron chi connectivity index (χ4n) is 0.641. The average molecular weight is 125 g/mol. The van der Waals surface area contributed by atoms with Gasteiger partial charge in [0.1, 0.15) is 5.60 Å². The van der Waals surface area contributed by atoms with Crippen molar-refractivity contribution in [3.05, 3.63) is 6.42 Å². The molecule has 0 saturated carbocycles. The lowest BCUT2D eigenvalue weighted by molar-refractivity contribution is 0.0493. The van der Waals surface area contributed by atoms with E-state index in [-0.39, 0.29) is 5.92 Å². The average Bonchev–Trinajstić information content (AvgIpc) is 1.86. The fraction of sp³-hybridized carbons (Fsp3) is 0.750. The molecule has 1 N–H and O–H groups in total. The van der Waals surface area contributed by atoms with Gasteiger partial charge in [-0.25, -0.2) is 0 Å². The largest absolute Gasteiger partial charge is 0.377 e. The second-order valence-corrected chi connectivity index (χ2v) is 2.56. The van der Waals surface area contributed by atoms with Crippen LogP contribution in [0.15, 0.2) is 0 Å². The van der Waals surface area contributed by atoms with Crippen molar-refractivity contribution in [2.75, 3.05) is 0 Å². The van der Waals surface area contributed by atoms with Gasteiger partial charge in [-0.1, -0.05) is 26.7 Å². The Morgan fingerprint density at radius 2 is 2.11 bits per heavy atom. The van der Waals surface area contributed by atoms with Gasteiger partial charge in [0.2, 0.25) is 0 Å². The summed E-state index contributed by atoms with van der Waals surface area (Å²) >= 11 is 0. The van der Waals surface area contributed by atoms with E-state index in [0.717, 1.165) is 0 Å². The maximum Gasteiger partial charge on any atom is 0.128 e. The third kappa shape index (κ3) is 1.73.